The number of carboxylic acid groups (broad SMARTS) is 1. The van der Waals surface area contributed by atoms with Gasteiger partial charge in [0.2, 0.25) is 0 Å². The van der Waals surface area contributed by atoms with E-state index in [1.807, 2.05) is 7.85 Å². The Morgan fingerprint density at radius 1 is 1.28 bits per heavy atom. The minimum absolute atomic E-state index is 0. The molecule has 1 unspecified atom stereocenters. The summed E-state index contributed by atoms with van der Waals surface area (Å²) in [5.74, 6) is -0.822. The molecule has 1 atom stereocenters. The van der Waals surface area contributed by atoms with Crippen molar-refractivity contribution in [1.82, 2.24) is 4.90 Å². The summed E-state index contributed by atoms with van der Waals surface area (Å²) in [6.45, 7) is 4.07. The number of unbranched alkanes of at least 4 members (excludes halogenated alkanes) is 1. The summed E-state index contributed by atoms with van der Waals surface area (Å²) in [6.07, 6.45) is -0.583. The highest BCUT2D eigenvalue weighted by molar-refractivity contribution is 6.27. The number of halogens is 5. The second-order valence-corrected chi connectivity index (χ2v) is 7.57. The number of rotatable bonds is 8. The van der Waals surface area contributed by atoms with Gasteiger partial charge in [-0.25, -0.2) is 0 Å². The minimum atomic E-state index is -4.70. The maximum atomic E-state index is 12.4. The highest BCUT2D eigenvalue weighted by Gasteiger charge is 2.41. The Hall–Kier alpha value is -1.12. The zero-order chi connectivity index (χ0) is 20.1. The van der Waals surface area contributed by atoms with E-state index in [0.717, 1.165) is 44.3 Å². The van der Waals surface area contributed by atoms with Crippen LogP contribution in [0.25, 0.3) is 0 Å². The molecule has 2 rings (SSSR count). The van der Waals surface area contributed by atoms with Crippen LogP contribution in [0.5, 0.6) is 5.75 Å². The molecule has 0 bridgehead atoms. The van der Waals surface area contributed by atoms with E-state index in [4.69, 9.17) is 0 Å². The number of hydrogen-bond acceptors (Lipinski definition) is 3. The number of likely N-dealkylation sites (tertiary alicyclic amines) is 1. The third-order valence-electron chi connectivity index (χ3n) is 5.57. The molecular weight excluding hydrogens is 429 g/mol. The van der Waals surface area contributed by atoms with Crippen molar-refractivity contribution in [2.24, 2.45) is 5.92 Å². The number of piperidine rings is 1. The fourth-order valence-corrected chi connectivity index (χ4v) is 3.86. The van der Waals surface area contributed by atoms with Crippen LogP contribution in [0.3, 0.4) is 0 Å². The van der Waals surface area contributed by atoms with Gasteiger partial charge >= 0.3 is 12.3 Å². The molecule has 1 heterocycles. The predicted octanol–water partition coefficient (Wildman–Crippen LogP) is 4.71. The zero-order valence-corrected chi connectivity index (χ0v) is 18.3. The zero-order valence-electron chi connectivity index (χ0n) is 16.7. The maximum absolute atomic E-state index is 12.4. The van der Waals surface area contributed by atoms with Gasteiger partial charge in [0, 0.05) is 11.9 Å². The molecule has 10 heteroatoms. The standard InChI is InChI=1S/C19H27BF3NO3.2ClH/c1-2-3-9-18(20,17(25)26)15-7-10-24(11-8-15)13-14-5-4-6-16(12-14)27-19(21,22)23;;/h4-6,12,15H,2-3,7-11,13,20H2,1H3,(H,25,26);2*1H. The first-order valence-corrected chi connectivity index (χ1v) is 9.44. The van der Waals surface area contributed by atoms with Crippen molar-refractivity contribution in [2.75, 3.05) is 13.1 Å². The lowest BCUT2D eigenvalue weighted by Crippen LogP contribution is -2.41. The summed E-state index contributed by atoms with van der Waals surface area (Å²) in [5.41, 5.74) is 0.752. The lowest BCUT2D eigenvalue weighted by Gasteiger charge is -2.40. The molecule has 1 fully saturated rings. The number of ether oxygens (including phenoxy) is 1. The smallest absolute Gasteiger partial charge is 0.481 e. The molecule has 0 aromatic heterocycles. The van der Waals surface area contributed by atoms with E-state index in [1.165, 1.54) is 12.1 Å². The fourth-order valence-electron chi connectivity index (χ4n) is 3.86. The van der Waals surface area contributed by atoms with Crippen molar-refractivity contribution >= 4 is 38.6 Å². The van der Waals surface area contributed by atoms with Gasteiger partial charge < -0.3 is 9.84 Å². The summed E-state index contributed by atoms with van der Waals surface area (Å²) in [6, 6.07) is 6.02. The van der Waals surface area contributed by atoms with Crippen LogP contribution >= 0.6 is 24.8 Å². The van der Waals surface area contributed by atoms with Crippen molar-refractivity contribution < 1.29 is 27.8 Å². The van der Waals surface area contributed by atoms with Crippen LogP contribution in [0.2, 0.25) is 5.31 Å². The first-order chi connectivity index (χ1) is 12.6. The molecule has 0 spiro atoms. The topological polar surface area (TPSA) is 49.8 Å². The number of carbonyl (C=O) groups is 1. The van der Waals surface area contributed by atoms with Crippen molar-refractivity contribution in [3.63, 3.8) is 0 Å². The average molecular weight is 458 g/mol. The molecule has 1 aromatic carbocycles. The number of aliphatic carboxylic acids is 1. The summed E-state index contributed by atoms with van der Waals surface area (Å²) < 4.78 is 41.1. The lowest BCUT2D eigenvalue weighted by molar-refractivity contribution is -0.274. The molecule has 0 radical (unpaired) electrons. The van der Waals surface area contributed by atoms with Crippen LogP contribution in [0.4, 0.5) is 13.2 Å². The third-order valence-corrected chi connectivity index (χ3v) is 5.57. The second-order valence-electron chi connectivity index (χ2n) is 7.57. The van der Waals surface area contributed by atoms with E-state index in [9.17, 15) is 23.1 Å². The summed E-state index contributed by atoms with van der Waals surface area (Å²) in [7, 11) is 1.85. The van der Waals surface area contributed by atoms with Crippen LogP contribution in [0, 0.1) is 5.92 Å². The summed E-state index contributed by atoms with van der Waals surface area (Å²) in [4.78, 5) is 14.0. The van der Waals surface area contributed by atoms with Crippen molar-refractivity contribution in [3.8, 4) is 5.75 Å². The Labute approximate surface area is 183 Å². The Bertz CT molecular complexity index is 643. The molecule has 166 valence electrons. The van der Waals surface area contributed by atoms with E-state index in [0.29, 0.717) is 13.0 Å². The van der Waals surface area contributed by atoms with Crippen LogP contribution in [0.15, 0.2) is 24.3 Å². The molecule has 0 saturated carbocycles. The average Bonchev–Trinajstić information content (AvgIpc) is 2.59. The van der Waals surface area contributed by atoms with Gasteiger partial charge in [-0.3, -0.25) is 9.69 Å². The fraction of sp³-hybridized carbons (Fsp3) is 0.632. The first-order valence-electron chi connectivity index (χ1n) is 9.44. The molecular formula is C19H29BCl2F3NO3. The Morgan fingerprint density at radius 3 is 2.41 bits per heavy atom. The van der Waals surface area contributed by atoms with E-state index in [2.05, 4.69) is 16.6 Å². The quantitative estimate of drug-likeness (QED) is 0.574. The van der Waals surface area contributed by atoms with Gasteiger partial charge in [-0.2, -0.15) is 0 Å². The van der Waals surface area contributed by atoms with Crippen LogP contribution in [-0.2, 0) is 11.3 Å². The largest absolute Gasteiger partial charge is 0.573 e. The van der Waals surface area contributed by atoms with Crippen molar-refractivity contribution in [3.05, 3.63) is 29.8 Å². The van der Waals surface area contributed by atoms with E-state index >= 15 is 0 Å². The highest BCUT2D eigenvalue weighted by atomic mass is 35.5. The van der Waals surface area contributed by atoms with Gasteiger partial charge in [-0.05, 0) is 56.0 Å². The number of alkyl halides is 3. The molecule has 1 aliphatic rings. The van der Waals surface area contributed by atoms with E-state index < -0.39 is 17.6 Å². The third kappa shape index (κ3) is 8.26. The molecule has 1 N–H and O–H groups in total. The molecule has 29 heavy (non-hydrogen) atoms. The summed E-state index contributed by atoms with van der Waals surface area (Å²) in [5, 5.41) is 9.01. The van der Waals surface area contributed by atoms with Crippen LogP contribution in [0.1, 0.15) is 44.6 Å². The van der Waals surface area contributed by atoms with Gasteiger partial charge in [0.25, 0.3) is 0 Å². The van der Waals surface area contributed by atoms with E-state index in [1.54, 1.807) is 12.1 Å². The molecule has 1 aliphatic heterocycles. The number of carboxylic acids is 1. The lowest BCUT2D eigenvalue weighted by atomic mass is 9.56. The molecule has 0 amide bonds. The second kappa shape index (κ2) is 11.9. The van der Waals surface area contributed by atoms with Crippen molar-refractivity contribution in [2.45, 2.75) is 57.2 Å². The number of hydrogen-bond donors (Lipinski definition) is 1. The van der Waals surface area contributed by atoms with Gasteiger partial charge in [-0.1, -0.05) is 31.9 Å². The normalized spacial score (nSPS) is 17.5. The summed E-state index contributed by atoms with van der Waals surface area (Å²) >= 11 is 0. The molecule has 0 aliphatic carbocycles. The van der Waals surface area contributed by atoms with Gasteiger partial charge in [0.1, 0.15) is 13.6 Å². The Balaban J connectivity index is 0.00000392. The van der Waals surface area contributed by atoms with E-state index in [-0.39, 0.29) is 36.5 Å². The van der Waals surface area contributed by atoms with Crippen molar-refractivity contribution in [1.29, 1.82) is 0 Å². The molecule has 1 saturated heterocycles. The van der Waals surface area contributed by atoms with Gasteiger partial charge in [0.05, 0.1) is 0 Å². The number of nitrogens with zero attached hydrogens (tertiary/aromatic N) is 1. The molecule has 4 nitrogen and oxygen atoms in total. The minimum Gasteiger partial charge on any atom is -0.481 e. The SMILES string of the molecule is BC(CCCC)(C(=O)O)C1CCN(Cc2cccc(OC(F)(F)F)c2)CC1.Cl.Cl. The predicted molar refractivity (Wildman–Crippen MR) is 114 cm³/mol. The molecule has 1 aromatic rings. The van der Waals surface area contributed by atoms with Gasteiger partial charge in [0.15, 0.2) is 0 Å². The first kappa shape index (κ1) is 27.9. The maximum Gasteiger partial charge on any atom is 0.573 e. The number of benzene rings is 1. The van der Waals surface area contributed by atoms with Crippen LogP contribution < -0.4 is 4.74 Å². The van der Waals surface area contributed by atoms with Gasteiger partial charge in [-0.15, -0.1) is 38.0 Å². The Morgan fingerprint density at radius 2 is 1.90 bits per heavy atom. The Kier molecular flexibility index (Phi) is 11.5. The van der Waals surface area contributed by atoms with Crippen LogP contribution in [-0.4, -0.2) is 43.3 Å². The monoisotopic (exact) mass is 457 g/mol. The highest BCUT2D eigenvalue weighted by Crippen LogP contribution is 2.44.